The largest absolute Gasteiger partial charge is 0.352 e. The minimum absolute atomic E-state index is 0.0169. The van der Waals surface area contributed by atoms with E-state index in [1.807, 2.05) is 32.9 Å². The molecule has 0 aromatic heterocycles. The molecule has 4 rings (SSSR count). The summed E-state index contributed by atoms with van der Waals surface area (Å²) in [5.74, 6) is -1.01. The molecule has 224 valence electrons. The Morgan fingerprint density at radius 1 is 0.905 bits per heavy atom. The summed E-state index contributed by atoms with van der Waals surface area (Å²) in [4.78, 5) is 28.8. The fourth-order valence-electron chi connectivity index (χ4n) is 5.15. The molecule has 0 aliphatic heterocycles. The van der Waals surface area contributed by atoms with E-state index in [0.29, 0.717) is 11.3 Å². The summed E-state index contributed by atoms with van der Waals surface area (Å²) in [5.41, 5.74) is 2.91. The van der Waals surface area contributed by atoms with E-state index in [4.69, 9.17) is 0 Å². The number of halogens is 1. The van der Waals surface area contributed by atoms with E-state index in [2.05, 4.69) is 5.32 Å². The summed E-state index contributed by atoms with van der Waals surface area (Å²) < 4.78 is 42.7. The van der Waals surface area contributed by atoms with Crippen molar-refractivity contribution < 1.29 is 22.4 Å². The van der Waals surface area contributed by atoms with Gasteiger partial charge >= 0.3 is 0 Å². The van der Waals surface area contributed by atoms with E-state index in [1.54, 1.807) is 43.3 Å². The van der Waals surface area contributed by atoms with Crippen molar-refractivity contribution in [1.29, 1.82) is 0 Å². The Balaban J connectivity index is 1.69. The van der Waals surface area contributed by atoms with Crippen molar-refractivity contribution in [3.8, 4) is 0 Å². The third kappa shape index (κ3) is 7.56. The van der Waals surface area contributed by atoms with Crippen molar-refractivity contribution in [3.05, 3.63) is 95.3 Å². The Hall–Kier alpha value is -3.72. The lowest BCUT2D eigenvalue weighted by Crippen LogP contribution is -2.52. The summed E-state index contributed by atoms with van der Waals surface area (Å²) in [6.45, 7) is 7.10. The van der Waals surface area contributed by atoms with Crippen LogP contribution in [0.25, 0.3) is 0 Å². The average molecular weight is 594 g/mol. The first-order valence-electron chi connectivity index (χ1n) is 14.5. The number of nitrogens with zero attached hydrogens (tertiary/aromatic N) is 2. The van der Waals surface area contributed by atoms with Crippen LogP contribution in [0.4, 0.5) is 10.1 Å². The Labute approximate surface area is 248 Å². The van der Waals surface area contributed by atoms with Gasteiger partial charge in [0.15, 0.2) is 0 Å². The van der Waals surface area contributed by atoms with Crippen molar-refractivity contribution in [3.63, 3.8) is 0 Å². The Kier molecular flexibility index (Phi) is 10.0. The van der Waals surface area contributed by atoms with Gasteiger partial charge in [-0.05, 0) is 80.1 Å². The molecule has 3 aromatic rings. The van der Waals surface area contributed by atoms with Crippen LogP contribution in [0.5, 0.6) is 0 Å². The summed E-state index contributed by atoms with van der Waals surface area (Å²) in [6, 6.07) is 18.5. The number of benzene rings is 3. The number of hydrogen-bond acceptors (Lipinski definition) is 4. The Morgan fingerprint density at radius 3 is 2.07 bits per heavy atom. The molecule has 1 aliphatic rings. The number of amides is 2. The van der Waals surface area contributed by atoms with E-state index in [0.717, 1.165) is 41.1 Å². The lowest BCUT2D eigenvalue weighted by Gasteiger charge is -2.32. The number of aryl methyl sites for hydroxylation is 1. The minimum atomic E-state index is -4.14. The topological polar surface area (TPSA) is 86.8 Å². The third-order valence-corrected chi connectivity index (χ3v) is 9.66. The molecule has 1 atom stereocenters. The van der Waals surface area contributed by atoms with E-state index < -0.39 is 34.3 Å². The number of rotatable bonds is 11. The standard InChI is InChI=1S/C33H40FN3O4S/c1-23(2)27-13-17-30(18-14-27)37(42(40,41)31-19-9-24(3)10-20-31)22-32(38)36(21-26-11-15-28(34)16-12-26)25(4)33(39)35-29-7-5-6-8-29/h9-20,23,25,29H,5-8,21-22H2,1-4H3,(H,35,39)/t25-/m1/s1. The molecule has 0 radical (unpaired) electrons. The zero-order chi connectivity index (χ0) is 30.4. The highest BCUT2D eigenvalue weighted by Gasteiger charge is 2.33. The molecule has 0 bridgehead atoms. The molecular weight excluding hydrogens is 553 g/mol. The maximum atomic E-state index is 14.1. The van der Waals surface area contributed by atoms with E-state index in [1.165, 1.54) is 29.2 Å². The van der Waals surface area contributed by atoms with Gasteiger partial charge in [0.25, 0.3) is 10.0 Å². The van der Waals surface area contributed by atoms with Gasteiger partial charge in [0.1, 0.15) is 18.4 Å². The summed E-state index contributed by atoms with van der Waals surface area (Å²) >= 11 is 0. The molecule has 2 amide bonds. The van der Waals surface area contributed by atoms with Crippen molar-refractivity contribution in [1.82, 2.24) is 10.2 Å². The highest BCUT2D eigenvalue weighted by atomic mass is 32.2. The SMILES string of the molecule is Cc1ccc(S(=O)(=O)N(CC(=O)N(Cc2ccc(F)cc2)[C@H](C)C(=O)NC2CCCC2)c2ccc(C(C)C)cc2)cc1. The maximum Gasteiger partial charge on any atom is 0.264 e. The van der Waals surface area contributed by atoms with Crippen LogP contribution in [-0.2, 0) is 26.2 Å². The molecule has 1 fully saturated rings. The molecule has 1 aliphatic carbocycles. The lowest BCUT2D eigenvalue weighted by atomic mass is 10.0. The number of anilines is 1. The molecule has 0 spiro atoms. The van der Waals surface area contributed by atoms with Crippen molar-refractivity contribution in [2.45, 2.75) is 82.8 Å². The van der Waals surface area contributed by atoms with E-state index >= 15 is 0 Å². The predicted molar refractivity (Wildman–Crippen MR) is 163 cm³/mol. The molecule has 1 N–H and O–H groups in total. The fraction of sp³-hybridized carbons (Fsp3) is 0.394. The molecular formula is C33H40FN3O4S. The van der Waals surface area contributed by atoms with Gasteiger partial charge in [-0.15, -0.1) is 0 Å². The van der Waals surface area contributed by atoms with Crippen LogP contribution in [0.3, 0.4) is 0 Å². The fourth-order valence-corrected chi connectivity index (χ4v) is 6.57. The van der Waals surface area contributed by atoms with Crippen LogP contribution < -0.4 is 9.62 Å². The first kappa shape index (κ1) is 31.2. The first-order chi connectivity index (χ1) is 20.0. The number of carbonyl (C=O) groups is 2. The first-order valence-corrected chi connectivity index (χ1v) is 15.9. The van der Waals surface area contributed by atoms with Gasteiger partial charge in [0.2, 0.25) is 11.8 Å². The van der Waals surface area contributed by atoms with Gasteiger partial charge in [-0.1, -0.05) is 68.7 Å². The summed E-state index contributed by atoms with van der Waals surface area (Å²) in [6.07, 6.45) is 3.86. The number of sulfonamides is 1. The van der Waals surface area contributed by atoms with Gasteiger partial charge in [-0.25, -0.2) is 12.8 Å². The minimum Gasteiger partial charge on any atom is -0.352 e. The maximum absolute atomic E-state index is 14.1. The van der Waals surface area contributed by atoms with Gasteiger partial charge in [-0.3, -0.25) is 13.9 Å². The smallest absolute Gasteiger partial charge is 0.264 e. The number of nitrogens with one attached hydrogen (secondary N) is 1. The molecule has 3 aromatic carbocycles. The van der Waals surface area contributed by atoms with Crippen molar-refractivity contribution >= 4 is 27.5 Å². The monoisotopic (exact) mass is 593 g/mol. The molecule has 0 saturated heterocycles. The number of hydrogen-bond donors (Lipinski definition) is 1. The molecule has 9 heteroatoms. The zero-order valence-electron chi connectivity index (χ0n) is 24.7. The summed E-state index contributed by atoms with van der Waals surface area (Å²) in [5, 5.41) is 3.05. The normalized spacial score (nSPS) is 14.5. The van der Waals surface area contributed by atoms with Crippen molar-refractivity contribution in [2.75, 3.05) is 10.8 Å². The summed E-state index contributed by atoms with van der Waals surface area (Å²) in [7, 11) is -4.14. The van der Waals surface area contributed by atoms with E-state index in [9.17, 15) is 22.4 Å². The van der Waals surface area contributed by atoms with Gasteiger partial charge in [0.05, 0.1) is 10.6 Å². The van der Waals surface area contributed by atoms with Gasteiger partial charge in [-0.2, -0.15) is 0 Å². The molecule has 7 nitrogen and oxygen atoms in total. The molecule has 0 unspecified atom stereocenters. The van der Waals surface area contributed by atoms with Crippen LogP contribution in [0.2, 0.25) is 0 Å². The zero-order valence-corrected chi connectivity index (χ0v) is 25.5. The van der Waals surface area contributed by atoms with Crippen molar-refractivity contribution in [2.24, 2.45) is 0 Å². The highest BCUT2D eigenvalue weighted by Crippen LogP contribution is 2.27. The number of carbonyl (C=O) groups excluding carboxylic acids is 2. The van der Waals surface area contributed by atoms with Crippen LogP contribution >= 0.6 is 0 Å². The van der Waals surface area contributed by atoms with Crippen LogP contribution in [-0.4, -0.2) is 43.8 Å². The van der Waals surface area contributed by atoms with E-state index in [-0.39, 0.29) is 29.3 Å². The predicted octanol–water partition coefficient (Wildman–Crippen LogP) is 5.93. The molecule has 0 heterocycles. The molecule has 1 saturated carbocycles. The second-order valence-corrected chi connectivity index (χ2v) is 13.2. The van der Waals surface area contributed by atoms with Crippen LogP contribution in [0, 0.1) is 12.7 Å². The lowest BCUT2D eigenvalue weighted by molar-refractivity contribution is -0.139. The highest BCUT2D eigenvalue weighted by molar-refractivity contribution is 7.92. The Morgan fingerprint density at radius 2 is 1.50 bits per heavy atom. The molecule has 42 heavy (non-hydrogen) atoms. The quantitative estimate of drug-likeness (QED) is 0.299. The average Bonchev–Trinajstić information content (AvgIpc) is 3.48. The van der Waals surface area contributed by atoms with Crippen LogP contribution in [0.15, 0.2) is 77.7 Å². The van der Waals surface area contributed by atoms with Gasteiger partial charge in [0, 0.05) is 12.6 Å². The Bertz CT molecular complexity index is 1470. The van der Waals surface area contributed by atoms with Crippen LogP contribution in [0.1, 0.15) is 69.1 Å². The second-order valence-electron chi connectivity index (χ2n) is 11.4. The third-order valence-electron chi connectivity index (χ3n) is 7.87. The second kappa shape index (κ2) is 13.5. The van der Waals surface area contributed by atoms with Gasteiger partial charge < -0.3 is 10.2 Å².